The van der Waals surface area contributed by atoms with Gasteiger partial charge in [0.1, 0.15) is 17.8 Å². The van der Waals surface area contributed by atoms with Crippen LogP contribution in [-0.2, 0) is 0 Å². The third-order valence-electron chi connectivity index (χ3n) is 8.95. The second-order valence-corrected chi connectivity index (χ2v) is 13.7. The maximum atomic E-state index is 13.3. The molecule has 1 aliphatic carbocycles. The molecule has 3 atom stereocenters. The predicted octanol–water partition coefficient (Wildman–Crippen LogP) is 8.70. The second-order valence-electron chi connectivity index (χ2n) is 12.7. The number of rotatable bonds is 8. The molecule has 49 heavy (non-hydrogen) atoms. The molecule has 1 saturated heterocycles. The molecule has 4 aromatic rings. The van der Waals surface area contributed by atoms with E-state index in [4.69, 9.17) is 4.74 Å². The Morgan fingerprint density at radius 1 is 1.02 bits per heavy atom. The topological polar surface area (TPSA) is 93.9 Å². The van der Waals surface area contributed by atoms with Gasteiger partial charge in [0.15, 0.2) is 11.0 Å². The zero-order chi connectivity index (χ0) is 34.7. The van der Waals surface area contributed by atoms with Gasteiger partial charge in [0, 0.05) is 29.1 Å². The molecular formula is C36H39F3N6O3S. The van der Waals surface area contributed by atoms with Crippen LogP contribution >= 0.6 is 11.8 Å². The van der Waals surface area contributed by atoms with Crippen LogP contribution in [0, 0.1) is 0 Å². The Morgan fingerprint density at radius 2 is 1.76 bits per heavy atom. The molecule has 0 bridgehead atoms. The Bertz CT molecular complexity index is 1790. The molecule has 0 radical (unpaired) electrons. The average molecular weight is 693 g/mol. The van der Waals surface area contributed by atoms with Crippen molar-refractivity contribution in [1.82, 2.24) is 20.1 Å². The van der Waals surface area contributed by atoms with Crippen molar-refractivity contribution in [2.24, 2.45) is 4.99 Å². The smallest absolute Gasteiger partial charge is 0.497 e. The molecule has 13 heteroatoms. The molecule has 3 aromatic carbocycles. The van der Waals surface area contributed by atoms with E-state index in [2.05, 4.69) is 75.1 Å². The first-order chi connectivity index (χ1) is 23.5. The van der Waals surface area contributed by atoms with E-state index in [0.29, 0.717) is 17.4 Å². The summed E-state index contributed by atoms with van der Waals surface area (Å²) < 4.78 is 48.3. The summed E-state index contributed by atoms with van der Waals surface area (Å²) in [6.45, 7) is 6.49. The maximum absolute atomic E-state index is 13.3. The number of benzene rings is 3. The van der Waals surface area contributed by atoms with E-state index in [1.807, 2.05) is 18.2 Å². The lowest BCUT2D eigenvalue weighted by atomic mass is 9.96. The van der Waals surface area contributed by atoms with Gasteiger partial charge in [-0.2, -0.15) is 4.99 Å². The van der Waals surface area contributed by atoms with Crippen molar-refractivity contribution in [2.75, 3.05) is 17.8 Å². The molecular weight excluding hydrogens is 653 g/mol. The largest absolute Gasteiger partial charge is 0.573 e. The number of anilines is 1. The first-order valence-corrected chi connectivity index (χ1v) is 17.3. The highest BCUT2D eigenvalue weighted by Gasteiger charge is 2.32. The van der Waals surface area contributed by atoms with Crippen molar-refractivity contribution >= 4 is 28.6 Å². The highest BCUT2D eigenvalue weighted by atomic mass is 32.2. The van der Waals surface area contributed by atoms with Gasteiger partial charge in [-0.25, -0.2) is 14.5 Å². The Hall–Kier alpha value is -4.52. The second kappa shape index (κ2) is 14.5. The number of amidine groups is 1. The normalized spacial score (nSPS) is 20.5. The van der Waals surface area contributed by atoms with Gasteiger partial charge >= 0.3 is 12.4 Å². The van der Waals surface area contributed by atoms with Crippen molar-refractivity contribution in [1.29, 1.82) is 0 Å². The number of hydrogen-bond acceptors (Lipinski definition) is 6. The molecule has 2 amide bonds. The first kappa shape index (κ1) is 34.3. The first-order valence-electron chi connectivity index (χ1n) is 16.3. The molecule has 1 N–H and O–H groups in total. The lowest BCUT2D eigenvalue weighted by molar-refractivity contribution is -0.274. The summed E-state index contributed by atoms with van der Waals surface area (Å²) in [5.74, 6) is 2.48. The van der Waals surface area contributed by atoms with Gasteiger partial charge in [-0.15, -0.1) is 18.3 Å². The summed E-state index contributed by atoms with van der Waals surface area (Å²) in [4.78, 5) is 24.4. The number of amides is 2. The van der Waals surface area contributed by atoms with Gasteiger partial charge < -0.3 is 19.7 Å². The highest BCUT2D eigenvalue weighted by Crippen LogP contribution is 2.38. The number of nitrogens with zero attached hydrogens (tertiary/aromatic N) is 5. The van der Waals surface area contributed by atoms with Crippen molar-refractivity contribution < 1.29 is 27.4 Å². The van der Waals surface area contributed by atoms with Crippen LogP contribution in [-0.4, -0.2) is 57.3 Å². The number of alkyl halides is 3. The molecule has 0 spiro atoms. The molecule has 9 nitrogen and oxygen atoms in total. The van der Waals surface area contributed by atoms with E-state index in [9.17, 15) is 18.0 Å². The SMILES string of the molecule is COc1ccc(N2/C(=N/C(=O)NC3CCC(c4ccc(-c5ncn(-c6ccc(OC(F)(F)F)cc6)n5)cc4)C3)SCCC2C)c(C(C)C)c1. The van der Waals surface area contributed by atoms with Crippen molar-refractivity contribution in [2.45, 2.75) is 76.7 Å². The van der Waals surface area contributed by atoms with E-state index in [1.54, 1.807) is 18.9 Å². The summed E-state index contributed by atoms with van der Waals surface area (Å²) in [5, 5.41) is 8.38. The third-order valence-corrected chi connectivity index (χ3v) is 9.94. The van der Waals surface area contributed by atoms with Crippen LogP contribution in [0.25, 0.3) is 17.1 Å². The van der Waals surface area contributed by atoms with Crippen LogP contribution in [0.4, 0.5) is 23.7 Å². The van der Waals surface area contributed by atoms with Crippen LogP contribution in [0.1, 0.15) is 69.4 Å². The number of methoxy groups -OCH3 is 1. The Labute approximate surface area is 287 Å². The molecule has 2 fully saturated rings. The zero-order valence-corrected chi connectivity index (χ0v) is 28.6. The number of aliphatic imine (C=N–C) groups is 1. The van der Waals surface area contributed by atoms with Crippen molar-refractivity contribution in [3.63, 3.8) is 0 Å². The number of carbonyl (C=O) groups is 1. The van der Waals surface area contributed by atoms with E-state index in [1.165, 1.54) is 40.8 Å². The maximum Gasteiger partial charge on any atom is 0.573 e. The van der Waals surface area contributed by atoms with Gasteiger partial charge in [-0.1, -0.05) is 49.9 Å². The molecule has 2 heterocycles. The predicted molar refractivity (Wildman–Crippen MR) is 186 cm³/mol. The molecule has 2 aliphatic rings. The summed E-state index contributed by atoms with van der Waals surface area (Å²) >= 11 is 1.62. The minimum atomic E-state index is -4.75. The Morgan fingerprint density at radius 3 is 2.45 bits per heavy atom. The number of ether oxygens (including phenoxy) is 2. The number of urea groups is 1. The number of hydrogen-bond donors (Lipinski definition) is 1. The third kappa shape index (κ3) is 8.21. The summed E-state index contributed by atoms with van der Waals surface area (Å²) in [7, 11) is 1.67. The number of nitrogens with one attached hydrogen (secondary N) is 1. The molecule has 1 aliphatic heterocycles. The van der Waals surface area contributed by atoms with Crippen LogP contribution < -0.4 is 19.7 Å². The highest BCUT2D eigenvalue weighted by molar-refractivity contribution is 8.14. The van der Waals surface area contributed by atoms with Gasteiger partial charge in [0.2, 0.25) is 0 Å². The standard InChI is InChI=1S/C36H39F3N6O3S/c1-22(2)31-20-30(47-4)15-16-32(31)45-23(3)17-18-49-35(45)42-34(46)41-27-10-9-26(19-27)24-5-7-25(8-6-24)33-40-21-44(43-33)28-11-13-29(14-12-28)48-36(37,38)39/h5-8,11-16,20-23,26-27H,9-10,17-19H2,1-4H3,(H,41,46)/b42-35-. The fraction of sp³-hybridized carbons (Fsp3) is 0.389. The van der Waals surface area contributed by atoms with Crippen LogP contribution in [0.2, 0.25) is 0 Å². The molecule has 1 aromatic heterocycles. The van der Waals surface area contributed by atoms with Crippen LogP contribution in [0.15, 0.2) is 78.0 Å². The van der Waals surface area contributed by atoms with Crippen LogP contribution in [0.3, 0.4) is 0 Å². The quantitative estimate of drug-likeness (QED) is 0.198. The number of carbonyl (C=O) groups excluding carboxylic acids is 1. The minimum absolute atomic E-state index is 0.0264. The minimum Gasteiger partial charge on any atom is -0.497 e. The van der Waals surface area contributed by atoms with Gasteiger partial charge in [0.25, 0.3) is 0 Å². The lowest BCUT2D eigenvalue weighted by Crippen LogP contribution is -2.43. The Kier molecular flexibility index (Phi) is 10.2. The fourth-order valence-electron chi connectivity index (χ4n) is 6.41. The van der Waals surface area contributed by atoms with Crippen molar-refractivity contribution in [3.05, 3.63) is 84.2 Å². The summed E-state index contributed by atoms with van der Waals surface area (Å²) in [6.07, 6.45) is 0.396. The summed E-state index contributed by atoms with van der Waals surface area (Å²) in [6, 6.07) is 19.5. The van der Waals surface area contributed by atoms with Gasteiger partial charge in [-0.3, -0.25) is 0 Å². The van der Waals surface area contributed by atoms with Gasteiger partial charge in [-0.05, 0) is 98.0 Å². The fourth-order valence-corrected chi connectivity index (χ4v) is 7.62. The molecule has 3 unspecified atom stereocenters. The van der Waals surface area contributed by atoms with Gasteiger partial charge in [0.05, 0.1) is 12.8 Å². The van der Waals surface area contributed by atoms with Crippen LogP contribution in [0.5, 0.6) is 11.5 Å². The summed E-state index contributed by atoms with van der Waals surface area (Å²) in [5.41, 5.74) is 4.76. The molecule has 1 saturated carbocycles. The molecule has 258 valence electrons. The van der Waals surface area contributed by atoms with Crippen molar-refractivity contribution in [3.8, 4) is 28.6 Å². The number of thioether (sulfide) groups is 1. The van der Waals surface area contributed by atoms with E-state index >= 15 is 0 Å². The number of halogens is 3. The van der Waals surface area contributed by atoms with E-state index in [0.717, 1.165) is 59.2 Å². The van der Waals surface area contributed by atoms with E-state index < -0.39 is 6.36 Å². The Balaban J connectivity index is 1.08. The molecule has 6 rings (SSSR count). The van der Waals surface area contributed by atoms with E-state index in [-0.39, 0.29) is 29.8 Å². The monoisotopic (exact) mass is 692 g/mol. The lowest BCUT2D eigenvalue weighted by Gasteiger charge is -2.37. The number of aromatic nitrogens is 3. The zero-order valence-electron chi connectivity index (χ0n) is 27.8. The average Bonchev–Trinajstić information content (AvgIpc) is 3.75.